The Hall–Kier alpha value is -1.16. The van der Waals surface area contributed by atoms with Crippen molar-refractivity contribution in [3.63, 3.8) is 0 Å². The maximum Gasteiger partial charge on any atom is 0.524 e. The van der Waals surface area contributed by atoms with Crippen LogP contribution in [0.25, 0.3) is 0 Å². The van der Waals surface area contributed by atoms with Crippen molar-refractivity contribution >= 4 is 19.0 Å². The highest BCUT2D eigenvalue weighted by Crippen LogP contribution is 2.33. The van der Waals surface area contributed by atoms with Crippen molar-refractivity contribution in [3.8, 4) is 0 Å². The molecule has 1 amide bonds. The van der Waals surface area contributed by atoms with Gasteiger partial charge in [-0.15, -0.1) is 0 Å². The second kappa shape index (κ2) is 4.99. The first-order valence-electron chi connectivity index (χ1n) is 6.63. The van der Waals surface area contributed by atoms with Crippen LogP contribution in [-0.4, -0.2) is 58.4 Å². The molecule has 0 radical (unpaired) electrons. The lowest BCUT2D eigenvalue weighted by molar-refractivity contribution is -0.149. The molecule has 8 nitrogen and oxygen atoms in total. The van der Waals surface area contributed by atoms with Crippen LogP contribution in [0, 0.1) is 5.92 Å². The van der Waals surface area contributed by atoms with E-state index in [1.54, 1.807) is 0 Å². The molecule has 0 aromatic heterocycles. The van der Waals surface area contributed by atoms with Crippen molar-refractivity contribution in [3.05, 3.63) is 0 Å². The van der Waals surface area contributed by atoms with E-state index in [0.717, 1.165) is 0 Å². The molecule has 0 aromatic carbocycles. The minimum Gasteiger partial charge on any atom is -0.508 e. The number of likely N-dealkylation sites (tertiary alicyclic amines) is 1. The number of nitrogens with two attached hydrogens (primary N) is 2. The number of fused-ring (bicyclic) bond motifs is 1. The summed E-state index contributed by atoms with van der Waals surface area (Å²) < 4.78 is 4.88. The average Bonchev–Trinajstić information content (AvgIpc) is 2.64. The van der Waals surface area contributed by atoms with Crippen LogP contribution in [0.5, 0.6) is 0 Å². The molecule has 2 heterocycles. The summed E-state index contributed by atoms with van der Waals surface area (Å²) in [6.45, 7) is 1.35. The van der Waals surface area contributed by atoms with Crippen LogP contribution < -0.4 is 11.5 Å². The summed E-state index contributed by atoms with van der Waals surface area (Å²) in [5.41, 5.74) is 8.13. The molecule has 3 atom stereocenters. The maximum absolute atomic E-state index is 12.1. The van der Waals surface area contributed by atoms with Gasteiger partial charge in [-0.2, -0.15) is 0 Å². The maximum atomic E-state index is 12.1. The quantitative estimate of drug-likeness (QED) is 0.312. The van der Waals surface area contributed by atoms with Crippen molar-refractivity contribution in [2.75, 3.05) is 13.1 Å². The van der Waals surface area contributed by atoms with Gasteiger partial charge in [0.15, 0.2) is 5.72 Å². The normalized spacial score (nSPS) is 33.9. The van der Waals surface area contributed by atoms with Gasteiger partial charge in [-0.3, -0.25) is 15.3 Å². The van der Waals surface area contributed by atoms with E-state index >= 15 is 0 Å². The molecule has 2 rings (SSSR count). The van der Waals surface area contributed by atoms with E-state index in [9.17, 15) is 19.7 Å². The van der Waals surface area contributed by atoms with Gasteiger partial charge in [-0.1, -0.05) is 6.42 Å². The highest BCUT2D eigenvalue weighted by atomic mass is 16.6. The van der Waals surface area contributed by atoms with E-state index in [4.69, 9.17) is 16.1 Å². The smallest absolute Gasteiger partial charge is 0.508 e. The SMILES string of the molecule is CC(N)(O)C(=O)N1C[C@@H]2CCCB(O)OC(=O)[C@]2(N)C1. The Kier molecular flexibility index (Phi) is 3.80. The van der Waals surface area contributed by atoms with Crippen LogP contribution >= 0.6 is 0 Å². The summed E-state index contributed by atoms with van der Waals surface area (Å²) in [5, 5.41) is 19.1. The average molecular weight is 285 g/mol. The molecule has 0 aromatic rings. The molecule has 112 valence electrons. The van der Waals surface area contributed by atoms with Crippen LogP contribution in [0.3, 0.4) is 0 Å². The Balaban J connectivity index is 2.20. The van der Waals surface area contributed by atoms with Crippen LogP contribution in [0.1, 0.15) is 19.8 Å². The van der Waals surface area contributed by atoms with Gasteiger partial charge in [-0.05, 0) is 19.7 Å². The largest absolute Gasteiger partial charge is 0.524 e. The van der Waals surface area contributed by atoms with Gasteiger partial charge in [0.2, 0.25) is 0 Å². The fourth-order valence-electron chi connectivity index (χ4n) is 2.82. The molecule has 0 saturated carbocycles. The number of nitrogens with zero attached hydrogens (tertiary/aromatic N) is 1. The number of aliphatic hydroxyl groups is 1. The molecule has 20 heavy (non-hydrogen) atoms. The zero-order chi connectivity index (χ0) is 15.1. The molecule has 0 aliphatic carbocycles. The molecule has 2 aliphatic heterocycles. The number of carbonyl (C=O) groups is 2. The minimum absolute atomic E-state index is 0.0740. The van der Waals surface area contributed by atoms with Gasteiger partial charge in [-0.25, -0.2) is 0 Å². The number of carbonyl (C=O) groups excluding carboxylic acids is 2. The zero-order valence-corrected chi connectivity index (χ0v) is 11.4. The second-order valence-corrected chi connectivity index (χ2v) is 5.86. The van der Waals surface area contributed by atoms with Crippen molar-refractivity contribution in [1.29, 1.82) is 0 Å². The van der Waals surface area contributed by atoms with E-state index in [1.807, 2.05) is 0 Å². The standard InChI is InChI=1S/C11H20BN3O5/c1-10(13,18)8(16)15-5-7-3-2-4-12(19)20-9(17)11(7,14)6-15/h7,18-19H,2-6,13-14H2,1H3/t7-,10?,11-/m0/s1. The fourth-order valence-corrected chi connectivity index (χ4v) is 2.82. The van der Waals surface area contributed by atoms with E-state index in [0.29, 0.717) is 19.2 Å². The zero-order valence-electron chi connectivity index (χ0n) is 11.4. The van der Waals surface area contributed by atoms with Gasteiger partial charge >= 0.3 is 13.1 Å². The first-order chi connectivity index (χ1) is 9.14. The van der Waals surface area contributed by atoms with Gasteiger partial charge < -0.3 is 25.4 Å². The number of hydrogen-bond acceptors (Lipinski definition) is 7. The monoisotopic (exact) mass is 285 g/mol. The van der Waals surface area contributed by atoms with Crippen LogP contribution in [0.15, 0.2) is 0 Å². The third-order valence-corrected chi connectivity index (χ3v) is 3.97. The lowest BCUT2D eigenvalue weighted by atomic mass is 9.75. The number of hydrogen-bond donors (Lipinski definition) is 4. The Morgan fingerprint density at radius 1 is 1.65 bits per heavy atom. The fraction of sp³-hybridized carbons (Fsp3) is 0.818. The van der Waals surface area contributed by atoms with Gasteiger partial charge in [0, 0.05) is 19.0 Å². The third kappa shape index (κ3) is 2.66. The molecule has 0 bridgehead atoms. The van der Waals surface area contributed by atoms with Crippen LogP contribution in [0.4, 0.5) is 0 Å². The second-order valence-electron chi connectivity index (χ2n) is 5.86. The van der Waals surface area contributed by atoms with Crippen LogP contribution in [0.2, 0.25) is 6.32 Å². The Morgan fingerprint density at radius 2 is 2.30 bits per heavy atom. The van der Waals surface area contributed by atoms with Crippen molar-refractivity contribution < 1.29 is 24.4 Å². The first-order valence-corrected chi connectivity index (χ1v) is 6.63. The summed E-state index contributed by atoms with van der Waals surface area (Å²) in [5.74, 6) is -1.67. The summed E-state index contributed by atoms with van der Waals surface area (Å²) in [4.78, 5) is 25.3. The molecule has 9 heteroatoms. The van der Waals surface area contributed by atoms with E-state index < -0.39 is 30.3 Å². The number of rotatable bonds is 1. The summed E-state index contributed by atoms with van der Waals surface area (Å²) in [6.07, 6.45) is 1.58. The highest BCUT2D eigenvalue weighted by molar-refractivity contribution is 6.45. The van der Waals surface area contributed by atoms with Gasteiger partial charge in [0.1, 0.15) is 5.54 Å². The predicted molar refractivity (Wildman–Crippen MR) is 69.9 cm³/mol. The third-order valence-electron chi connectivity index (χ3n) is 3.97. The molecule has 2 aliphatic rings. The molecular formula is C11H20BN3O5. The molecule has 0 spiro atoms. The van der Waals surface area contributed by atoms with E-state index in [1.165, 1.54) is 11.8 Å². The van der Waals surface area contributed by atoms with Gasteiger partial charge in [0.25, 0.3) is 5.91 Å². The molecule has 2 fully saturated rings. The van der Waals surface area contributed by atoms with Gasteiger partial charge in [0.05, 0.1) is 0 Å². The highest BCUT2D eigenvalue weighted by Gasteiger charge is 2.54. The summed E-state index contributed by atoms with van der Waals surface area (Å²) >= 11 is 0. The van der Waals surface area contributed by atoms with E-state index in [2.05, 4.69) is 0 Å². The van der Waals surface area contributed by atoms with Crippen molar-refractivity contribution in [2.24, 2.45) is 17.4 Å². The van der Waals surface area contributed by atoms with Crippen molar-refractivity contribution in [1.82, 2.24) is 4.90 Å². The molecule has 1 unspecified atom stereocenters. The number of amides is 1. The minimum atomic E-state index is -2.00. The Morgan fingerprint density at radius 3 is 2.90 bits per heavy atom. The molecule has 2 saturated heterocycles. The van der Waals surface area contributed by atoms with Crippen molar-refractivity contribution in [2.45, 2.75) is 37.3 Å². The summed E-state index contributed by atoms with van der Waals surface area (Å²) in [6, 6.07) is 0. The Bertz CT molecular complexity index is 427. The predicted octanol–water partition coefficient (Wildman–Crippen LogP) is -2.37. The topological polar surface area (TPSA) is 139 Å². The lowest BCUT2D eigenvalue weighted by Gasteiger charge is -2.30. The molecular weight excluding hydrogens is 265 g/mol. The first kappa shape index (κ1) is 15.2. The summed E-state index contributed by atoms with van der Waals surface area (Å²) in [7, 11) is -1.16. The molecule has 6 N–H and O–H groups in total. The van der Waals surface area contributed by atoms with E-state index in [-0.39, 0.29) is 19.0 Å². The lowest BCUT2D eigenvalue weighted by Crippen LogP contribution is -2.59. The Labute approximate surface area is 117 Å². The van der Waals surface area contributed by atoms with Crippen LogP contribution in [-0.2, 0) is 14.2 Å².